The van der Waals surface area contributed by atoms with E-state index >= 15 is 0 Å². The molecule has 0 N–H and O–H groups in total. The van der Waals surface area contributed by atoms with Gasteiger partial charge in [-0.3, -0.25) is 4.79 Å². The molecule has 3 nitrogen and oxygen atoms in total. The molecule has 1 atom stereocenters. The van der Waals surface area contributed by atoms with Crippen LogP contribution in [0.1, 0.15) is 10.8 Å². The molecule has 1 aliphatic heterocycles. The number of rotatable bonds is 3. The van der Waals surface area contributed by atoms with E-state index in [1.165, 1.54) is 4.90 Å². The van der Waals surface area contributed by atoms with Gasteiger partial charge in [0.15, 0.2) is 0 Å². The minimum Gasteiger partial charge on any atom is -0.378 e. The summed E-state index contributed by atoms with van der Waals surface area (Å²) < 4.78 is 43.2. The summed E-state index contributed by atoms with van der Waals surface area (Å²) in [5, 5.41) is -1.26. The molecule has 1 fully saturated rings. The number of carbonyl (C=O) groups is 1. The summed E-state index contributed by atoms with van der Waals surface area (Å²) in [6.07, 6.45) is 0. The minimum atomic E-state index is -4.46. The normalized spacial score (nSPS) is 17.9. The lowest BCUT2D eigenvalue weighted by Gasteiger charge is -2.30. The maximum absolute atomic E-state index is 12.7. The fourth-order valence-corrected chi connectivity index (χ4v) is 2.78. The monoisotopic (exact) mass is 305 g/mol. The number of ether oxygens (including phenoxy) is 1. The van der Waals surface area contributed by atoms with Gasteiger partial charge < -0.3 is 9.64 Å². The Bertz CT molecular complexity index is 447. The molecule has 0 aliphatic carbocycles. The molecular weight excluding hydrogens is 291 g/mol. The first kappa shape index (κ1) is 15.2. The highest BCUT2D eigenvalue weighted by Gasteiger charge is 2.39. The van der Waals surface area contributed by atoms with Gasteiger partial charge in [-0.2, -0.15) is 13.2 Å². The van der Waals surface area contributed by atoms with E-state index in [4.69, 9.17) is 4.74 Å². The van der Waals surface area contributed by atoms with Crippen LogP contribution in [-0.2, 0) is 9.53 Å². The molecule has 1 saturated heterocycles. The van der Waals surface area contributed by atoms with Crippen molar-refractivity contribution in [2.45, 2.75) is 10.8 Å². The largest absolute Gasteiger partial charge is 0.442 e. The van der Waals surface area contributed by atoms with Gasteiger partial charge in [-0.05, 0) is 17.3 Å². The van der Waals surface area contributed by atoms with E-state index in [0.29, 0.717) is 31.9 Å². The molecular formula is C13H14F3NO2S. The molecule has 1 aromatic rings. The maximum Gasteiger partial charge on any atom is 0.442 e. The first-order valence-corrected chi connectivity index (χ1v) is 7.01. The second-order valence-electron chi connectivity index (χ2n) is 4.29. The topological polar surface area (TPSA) is 29.5 Å². The van der Waals surface area contributed by atoms with Crippen molar-refractivity contribution in [3.05, 3.63) is 35.9 Å². The van der Waals surface area contributed by atoms with Crippen molar-refractivity contribution in [3.8, 4) is 0 Å². The highest BCUT2D eigenvalue weighted by atomic mass is 32.2. The van der Waals surface area contributed by atoms with Crippen LogP contribution >= 0.6 is 11.8 Å². The molecule has 0 aromatic heterocycles. The molecule has 0 bridgehead atoms. The Hall–Kier alpha value is -1.21. The molecule has 1 heterocycles. The van der Waals surface area contributed by atoms with Gasteiger partial charge in [0.25, 0.3) is 0 Å². The average molecular weight is 305 g/mol. The molecule has 0 spiro atoms. The van der Waals surface area contributed by atoms with E-state index < -0.39 is 16.7 Å². The van der Waals surface area contributed by atoms with Crippen LogP contribution in [0, 0.1) is 0 Å². The van der Waals surface area contributed by atoms with Crippen LogP contribution in [0.3, 0.4) is 0 Å². The van der Waals surface area contributed by atoms with Crippen molar-refractivity contribution in [1.82, 2.24) is 4.90 Å². The third-order valence-corrected chi connectivity index (χ3v) is 3.88. The number of thioether (sulfide) groups is 1. The van der Waals surface area contributed by atoms with Gasteiger partial charge >= 0.3 is 5.51 Å². The molecule has 1 aromatic carbocycles. The highest BCUT2D eigenvalue weighted by Crippen LogP contribution is 2.43. The van der Waals surface area contributed by atoms with Crippen LogP contribution in [0.5, 0.6) is 0 Å². The van der Waals surface area contributed by atoms with E-state index in [9.17, 15) is 18.0 Å². The molecule has 0 unspecified atom stereocenters. The number of hydrogen-bond acceptors (Lipinski definition) is 3. The van der Waals surface area contributed by atoms with Gasteiger partial charge in [0.05, 0.1) is 13.2 Å². The molecule has 110 valence electrons. The Morgan fingerprint density at radius 3 is 2.35 bits per heavy atom. The van der Waals surface area contributed by atoms with Crippen LogP contribution in [0.4, 0.5) is 13.2 Å². The van der Waals surface area contributed by atoms with Gasteiger partial charge in [0, 0.05) is 13.1 Å². The van der Waals surface area contributed by atoms with Gasteiger partial charge in [0.1, 0.15) is 5.25 Å². The van der Waals surface area contributed by atoms with Crippen molar-refractivity contribution < 1.29 is 22.7 Å². The van der Waals surface area contributed by atoms with Gasteiger partial charge in [0.2, 0.25) is 5.91 Å². The summed E-state index contributed by atoms with van der Waals surface area (Å²) in [5.41, 5.74) is -4.09. The zero-order valence-corrected chi connectivity index (χ0v) is 11.4. The summed E-state index contributed by atoms with van der Waals surface area (Å²) in [5.74, 6) is -0.512. The quantitative estimate of drug-likeness (QED) is 0.860. The zero-order chi connectivity index (χ0) is 14.6. The van der Waals surface area contributed by atoms with Crippen molar-refractivity contribution >= 4 is 17.7 Å². The lowest BCUT2D eigenvalue weighted by molar-refractivity contribution is -0.135. The van der Waals surface area contributed by atoms with E-state index in [1.807, 2.05) is 0 Å². The third kappa shape index (κ3) is 4.14. The number of hydrogen-bond donors (Lipinski definition) is 0. The predicted octanol–water partition coefficient (Wildman–Crippen LogP) is 2.84. The summed E-state index contributed by atoms with van der Waals surface area (Å²) in [4.78, 5) is 13.8. The fraction of sp³-hybridized carbons (Fsp3) is 0.462. The van der Waals surface area contributed by atoms with Gasteiger partial charge in [-0.25, -0.2) is 0 Å². The lowest BCUT2D eigenvalue weighted by Crippen LogP contribution is -2.43. The zero-order valence-electron chi connectivity index (χ0n) is 10.6. The standard InChI is InChI=1S/C13H14F3NO2S/c14-13(15,16)20-11(10-4-2-1-3-5-10)12(18)17-6-8-19-9-7-17/h1-5,11H,6-9H2/t11-/m0/s1. The Kier molecular flexibility index (Phi) is 4.93. The Morgan fingerprint density at radius 2 is 1.80 bits per heavy atom. The number of alkyl halides is 3. The summed E-state index contributed by atoms with van der Waals surface area (Å²) >= 11 is -0.275. The number of carbonyl (C=O) groups excluding carboxylic acids is 1. The smallest absolute Gasteiger partial charge is 0.378 e. The Labute approximate surface area is 119 Å². The van der Waals surface area contributed by atoms with Crippen molar-refractivity contribution in [3.63, 3.8) is 0 Å². The Balaban J connectivity index is 2.19. The minimum absolute atomic E-state index is 0.275. The van der Waals surface area contributed by atoms with Gasteiger partial charge in [-0.15, -0.1) is 0 Å². The van der Waals surface area contributed by atoms with Crippen molar-refractivity contribution in [2.75, 3.05) is 26.3 Å². The number of halogens is 3. The number of morpholine rings is 1. The second-order valence-corrected chi connectivity index (χ2v) is 5.46. The van der Waals surface area contributed by atoms with Crippen LogP contribution in [-0.4, -0.2) is 42.6 Å². The summed E-state index contributed by atoms with van der Waals surface area (Å²) in [7, 11) is 0. The second kappa shape index (κ2) is 6.49. The first-order valence-electron chi connectivity index (χ1n) is 6.13. The van der Waals surface area contributed by atoms with Crippen molar-refractivity contribution in [2.24, 2.45) is 0 Å². The molecule has 20 heavy (non-hydrogen) atoms. The van der Waals surface area contributed by atoms with E-state index in [2.05, 4.69) is 0 Å². The van der Waals surface area contributed by atoms with Gasteiger partial charge in [-0.1, -0.05) is 30.3 Å². The fourth-order valence-electron chi connectivity index (χ4n) is 1.97. The number of nitrogens with zero attached hydrogens (tertiary/aromatic N) is 1. The van der Waals surface area contributed by atoms with E-state index in [1.54, 1.807) is 30.3 Å². The highest BCUT2D eigenvalue weighted by molar-refractivity contribution is 8.01. The van der Waals surface area contributed by atoms with Crippen LogP contribution in [0.25, 0.3) is 0 Å². The number of amides is 1. The molecule has 2 rings (SSSR count). The predicted molar refractivity (Wildman–Crippen MR) is 70.2 cm³/mol. The van der Waals surface area contributed by atoms with E-state index in [0.717, 1.165) is 0 Å². The first-order chi connectivity index (χ1) is 9.47. The van der Waals surface area contributed by atoms with Crippen LogP contribution < -0.4 is 0 Å². The summed E-state index contributed by atoms with van der Waals surface area (Å²) in [6, 6.07) is 8.05. The van der Waals surface area contributed by atoms with Crippen molar-refractivity contribution in [1.29, 1.82) is 0 Å². The Morgan fingerprint density at radius 1 is 1.20 bits per heavy atom. The molecule has 1 amide bonds. The molecule has 7 heteroatoms. The number of benzene rings is 1. The van der Waals surface area contributed by atoms with E-state index in [-0.39, 0.29) is 11.8 Å². The average Bonchev–Trinajstić information content (AvgIpc) is 2.45. The lowest BCUT2D eigenvalue weighted by atomic mass is 10.1. The summed E-state index contributed by atoms with van der Waals surface area (Å²) in [6.45, 7) is 1.40. The molecule has 0 radical (unpaired) electrons. The molecule has 0 saturated carbocycles. The SMILES string of the molecule is O=C([C@@H](SC(F)(F)F)c1ccccc1)N1CCOCC1. The van der Waals surface area contributed by atoms with Crippen LogP contribution in [0.15, 0.2) is 30.3 Å². The molecule has 1 aliphatic rings. The van der Waals surface area contributed by atoms with Crippen LogP contribution in [0.2, 0.25) is 0 Å². The maximum atomic E-state index is 12.7. The third-order valence-electron chi connectivity index (χ3n) is 2.90.